The summed E-state index contributed by atoms with van der Waals surface area (Å²) in [5, 5.41) is 1.24. The maximum absolute atomic E-state index is 12.5. The van der Waals surface area contributed by atoms with Crippen LogP contribution in [0.4, 0.5) is 5.69 Å². The number of benzene rings is 2. The molecule has 0 spiro atoms. The summed E-state index contributed by atoms with van der Waals surface area (Å²) in [5.41, 5.74) is 8.09. The van der Waals surface area contributed by atoms with Crippen LogP contribution in [0.5, 0.6) is 0 Å². The summed E-state index contributed by atoms with van der Waals surface area (Å²) in [4.78, 5) is 27.7. The number of fused-ring (bicyclic) bond motifs is 1. The molecule has 0 amide bonds. The predicted molar refractivity (Wildman–Crippen MR) is 110 cm³/mol. The number of carbonyl (C=O) groups excluding carboxylic acids is 2. The van der Waals surface area contributed by atoms with Gasteiger partial charge in [0.1, 0.15) is 5.69 Å². The molecule has 0 saturated carbocycles. The van der Waals surface area contributed by atoms with Gasteiger partial charge < -0.3 is 20.2 Å². The smallest absolute Gasteiger partial charge is 0.355 e. The van der Waals surface area contributed by atoms with Crippen molar-refractivity contribution in [3.63, 3.8) is 0 Å². The highest BCUT2D eigenvalue weighted by molar-refractivity contribution is 6.39. The Labute approximate surface area is 170 Å². The lowest BCUT2D eigenvalue weighted by Crippen LogP contribution is -2.06. The molecule has 144 valence electrons. The number of hydrogen-bond donors (Lipinski definition) is 2. The number of carbonyl (C=O) groups is 2. The lowest BCUT2D eigenvalue weighted by molar-refractivity contribution is -0.133. The van der Waals surface area contributed by atoms with Gasteiger partial charge in [-0.2, -0.15) is 0 Å². The molecule has 3 N–H and O–H groups in total. The molecule has 6 nitrogen and oxygen atoms in total. The quantitative estimate of drug-likeness (QED) is 0.367. The molecule has 0 bridgehead atoms. The number of hydrogen-bond acceptors (Lipinski definition) is 5. The zero-order chi connectivity index (χ0) is 20.4. The zero-order valence-electron chi connectivity index (χ0n) is 15.0. The topological polar surface area (TPSA) is 94.4 Å². The van der Waals surface area contributed by atoms with E-state index < -0.39 is 11.9 Å². The van der Waals surface area contributed by atoms with Gasteiger partial charge in [-0.25, -0.2) is 9.59 Å². The van der Waals surface area contributed by atoms with Gasteiger partial charge in [-0.15, -0.1) is 0 Å². The van der Waals surface area contributed by atoms with E-state index in [1.54, 1.807) is 36.4 Å². The second kappa shape index (κ2) is 7.96. The van der Waals surface area contributed by atoms with Crippen molar-refractivity contribution in [3.8, 4) is 0 Å². The van der Waals surface area contributed by atoms with Crippen LogP contribution in [0.15, 0.2) is 36.4 Å². The summed E-state index contributed by atoms with van der Waals surface area (Å²) in [7, 11) is 2.53. The standard InChI is InChI=1S/C20H16Cl2N2O4/c1-27-19(25)13(10-4-3-5-12(23)6-10)9-14-17-15(22)7-11(21)8-16(17)24-18(14)20(26)28-2/h3-9,24H,23H2,1-2H3/b13-9+. The maximum Gasteiger partial charge on any atom is 0.355 e. The van der Waals surface area contributed by atoms with Crippen molar-refractivity contribution in [2.75, 3.05) is 20.0 Å². The van der Waals surface area contributed by atoms with Crippen molar-refractivity contribution >= 4 is 63.4 Å². The van der Waals surface area contributed by atoms with Crippen LogP contribution in [0.1, 0.15) is 21.6 Å². The summed E-state index contributed by atoms with van der Waals surface area (Å²) in [6.07, 6.45) is 1.52. The molecule has 0 aliphatic heterocycles. The molecule has 0 atom stereocenters. The molecule has 0 radical (unpaired) electrons. The lowest BCUT2D eigenvalue weighted by atomic mass is 10.0. The second-order valence-electron chi connectivity index (χ2n) is 5.89. The first kappa shape index (κ1) is 19.8. The third kappa shape index (κ3) is 3.69. The van der Waals surface area contributed by atoms with Crippen LogP contribution in [0.25, 0.3) is 22.6 Å². The van der Waals surface area contributed by atoms with Crippen molar-refractivity contribution < 1.29 is 19.1 Å². The van der Waals surface area contributed by atoms with Gasteiger partial charge in [-0.3, -0.25) is 0 Å². The van der Waals surface area contributed by atoms with E-state index in [1.165, 1.54) is 20.3 Å². The summed E-state index contributed by atoms with van der Waals surface area (Å²) >= 11 is 12.4. The summed E-state index contributed by atoms with van der Waals surface area (Å²) in [5.74, 6) is -1.22. The molecular formula is C20H16Cl2N2O4. The van der Waals surface area contributed by atoms with Crippen LogP contribution in [0.3, 0.4) is 0 Å². The van der Waals surface area contributed by atoms with Gasteiger partial charge in [0.05, 0.1) is 24.8 Å². The van der Waals surface area contributed by atoms with Crippen LogP contribution in [0, 0.1) is 0 Å². The molecular weight excluding hydrogens is 403 g/mol. The Bertz CT molecular complexity index is 1120. The first-order valence-corrected chi connectivity index (χ1v) is 8.86. The van der Waals surface area contributed by atoms with E-state index in [0.29, 0.717) is 37.8 Å². The van der Waals surface area contributed by atoms with E-state index in [9.17, 15) is 9.59 Å². The van der Waals surface area contributed by atoms with E-state index in [2.05, 4.69) is 4.98 Å². The Balaban J connectivity index is 2.35. The zero-order valence-corrected chi connectivity index (χ0v) is 16.5. The van der Waals surface area contributed by atoms with Crippen LogP contribution in [0.2, 0.25) is 10.0 Å². The number of rotatable bonds is 4. The highest BCUT2D eigenvalue weighted by Gasteiger charge is 2.22. The first-order chi connectivity index (χ1) is 13.3. The van der Waals surface area contributed by atoms with E-state index in [0.717, 1.165) is 0 Å². The lowest BCUT2D eigenvalue weighted by Gasteiger charge is -2.08. The van der Waals surface area contributed by atoms with Gasteiger partial charge in [0, 0.05) is 27.2 Å². The van der Waals surface area contributed by atoms with E-state index >= 15 is 0 Å². The normalized spacial score (nSPS) is 11.5. The van der Waals surface area contributed by atoms with Crippen LogP contribution >= 0.6 is 23.2 Å². The molecule has 3 rings (SSSR count). The Morgan fingerprint density at radius 1 is 1.11 bits per heavy atom. The molecule has 0 saturated heterocycles. The number of aromatic nitrogens is 1. The highest BCUT2D eigenvalue weighted by Crippen LogP contribution is 2.35. The van der Waals surface area contributed by atoms with Crippen LogP contribution in [-0.2, 0) is 14.3 Å². The van der Waals surface area contributed by atoms with Gasteiger partial charge in [0.25, 0.3) is 0 Å². The predicted octanol–water partition coefficient (Wildman–Crippen LogP) is 4.56. The Hall–Kier alpha value is -2.96. The highest BCUT2D eigenvalue weighted by atomic mass is 35.5. The Morgan fingerprint density at radius 3 is 2.50 bits per heavy atom. The number of halogens is 2. The van der Waals surface area contributed by atoms with Crippen molar-refractivity contribution in [2.24, 2.45) is 0 Å². The monoisotopic (exact) mass is 418 g/mol. The number of nitrogens with two attached hydrogens (primary N) is 1. The maximum atomic E-state index is 12.5. The average molecular weight is 419 g/mol. The third-order valence-electron chi connectivity index (χ3n) is 4.13. The second-order valence-corrected chi connectivity index (χ2v) is 6.73. The van der Waals surface area contributed by atoms with Gasteiger partial charge in [0.15, 0.2) is 0 Å². The molecule has 0 aliphatic carbocycles. The number of nitrogen functional groups attached to an aromatic ring is 1. The fraction of sp³-hybridized carbons (Fsp3) is 0.100. The van der Waals surface area contributed by atoms with Crippen molar-refractivity contribution in [2.45, 2.75) is 0 Å². The number of methoxy groups -OCH3 is 2. The van der Waals surface area contributed by atoms with Crippen LogP contribution < -0.4 is 5.73 Å². The van der Waals surface area contributed by atoms with Crippen molar-refractivity contribution in [3.05, 3.63) is 63.3 Å². The molecule has 8 heteroatoms. The van der Waals surface area contributed by atoms with E-state index in [-0.39, 0.29) is 11.3 Å². The number of esters is 2. The summed E-state index contributed by atoms with van der Waals surface area (Å²) < 4.78 is 9.77. The van der Waals surface area contributed by atoms with E-state index in [4.69, 9.17) is 38.4 Å². The minimum Gasteiger partial charge on any atom is -0.465 e. The molecule has 0 fully saturated rings. The van der Waals surface area contributed by atoms with Crippen LogP contribution in [-0.4, -0.2) is 31.1 Å². The van der Waals surface area contributed by atoms with Gasteiger partial charge in [0.2, 0.25) is 0 Å². The minimum absolute atomic E-state index is 0.131. The summed E-state index contributed by atoms with van der Waals surface area (Å²) in [6.45, 7) is 0. The molecule has 1 aromatic heterocycles. The number of ether oxygens (including phenoxy) is 2. The molecule has 1 heterocycles. The van der Waals surface area contributed by atoms with Crippen molar-refractivity contribution in [1.29, 1.82) is 0 Å². The average Bonchev–Trinajstić information content (AvgIpc) is 3.03. The molecule has 0 aliphatic rings. The largest absolute Gasteiger partial charge is 0.465 e. The fourth-order valence-electron chi connectivity index (χ4n) is 2.90. The Kier molecular flexibility index (Phi) is 5.63. The SMILES string of the molecule is COC(=O)/C(=C/c1c(C(=O)OC)[nH]c2cc(Cl)cc(Cl)c12)c1cccc(N)c1. The third-order valence-corrected chi connectivity index (χ3v) is 4.65. The van der Waals surface area contributed by atoms with Gasteiger partial charge in [-0.05, 0) is 35.9 Å². The molecule has 2 aromatic carbocycles. The minimum atomic E-state index is -0.619. The summed E-state index contributed by atoms with van der Waals surface area (Å²) in [6, 6.07) is 9.94. The number of H-pyrrole nitrogens is 1. The number of anilines is 1. The Morgan fingerprint density at radius 2 is 1.86 bits per heavy atom. The van der Waals surface area contributed by atoms with Gasteiger partial charge >= 0.3 is 11.9 Å². The molecule has 0 unspecified atom stereocenters. The van der Waals surface area contributed by atoms with E-state index in [1.807, 2.05) is 0 Å². The molecule has 3 aromatic rings. The first-order valence-electron chi connectivity index (χ1n) is 8.10. The van der Waals surface area contributed by atoms with Gasteiger partial charge in [-0.1, -0.05) is 35.3 Å². The number of nitrogens with one attached hydrogen (secondary N) is 1. The number of aromatic amines is 1. The molecule has 28 heavy (non-hydrogen) atoms. The van der Waals surface area contributed by atoms with Crippen molar-refractivity contribution in [1.82, 2.24) is 4.98 Å². The fourth-order valence-corrected chi connectivity index (χ4v) is 3.50.